The lowest BCUT2D eigenvalue weighted by molar-refractivity contribution is -0.140. The van der Waals surface area contributed by atoms with Gasteiger partial charge in [-0.1, -0.05) is 36.9 Å². The average Bonchev–Trinajstić information content (AvgIpc) is 2.98. The maximum absolute atomic E-state index is 12.9. The van der Waals surface area contributed by atoms with Crippen LogP contribution in [-0.2, 0) is 14.3 Å². The van der Waals surface area contributed by atoms with Crippen molar-refractivity contribution >= 4 is 35.0 Å². The van der Waals surface area contributed by atoms with E-state index in [1.54, 1.807) is 29.2 Å². The minimum atomic E-state index is -0.438. The Bertz CT molecular complexity index is 857. The van der Waals surface area contributed by atoms with Crippen LogP contribution in [0.1, 0.15) is 42.5 Å². The topological polar surface area (TPSA) is 79.0 Å². The summed E-state index contributed by atoms with van der Waals surface area (Å²) >= 11 is 6.23. The van der Waals surface area contributed by atoms with Crippen molar-refractivity contribution in [3.63, 3.8) is 0 Å². The van der Waals surface area contributed by atoms with Gasteiger partial charge in [0.25, 0.3) is 17.7 Å². The van der Waals surface area contributed by atoms with Crippen LogP contribution >= 0.6 is 11.6 Å². The van der Waals surface area contributed by atoms with Crippen molar-refractivity contribution in [1.29, 1.82) is 0 Å². The molecule has 0 unspecified atom stereocenters. The summed E-state index contributed by atoms with van der Waals surface area (Å²) < 4.78 is 5.29. The molecule has 0 radical (unpaired) electrons. The SMILES string of the molecule is O=C(c1cccc(NC2=C(Cl)C(=O)N(C3CCCCC3)C2=O)c1)N1CCOCC1. The smallest absolute Gasteiger partial charge is 0.279 e. The number of rotatable bonds is 4. The number of nitrogens with one attached hydrogen (secondary N) is 1. The third-order valence-corrected chi connectivity index (χ3v) is 6.03. The second-order valence-corrected chi connectivity index (χ2v) is 7.95. The van der Waals surface area contributed by atoms with E-state index in [-0.39, 0.29) is 22.7 Å². The van der Waals surface area contributed by atoms with E-state index in [1.165, 1.54) is 4.90 Å². The molecule has 8 heteroatoms. The lowest BCUT2D eigenvalue weighted by Crippen LogP contribution is -2.42. The molecule has 0 aromatic heterocycles. The number of morpholine rings is 1. The Morgan fingerprint density at radius 1 is 1.07 bits per heavy atom. The van der Waals surface area contributed by atoms with Crippen LogP contribution in [0.4, 0.5) is 5.69 Å². The predicted octanol–water partition coefficient (Wildman–Crippen LogP) is 2.72. The normalized spacial score (nSPS) is 21.1. The van der Waals surface area contributed by atoms with Crippen molar-refractivity contribution in [3.05, 3.63) is 40.6 Å². The van der Waals surface area contributed by atoms with Gasteiger partial charge in [-0.15, -0.1) is 0 Å². The first kappa shape index (κ1) is 19.9. The molecule has 0 atom stereocenters. The number of carbonyl (C=O) groups excluding carboxylic acids is 3. The Morgan fingerprint density at radius 3 is 2.52 bits per heavy atom. The Kier molecular flexibility index (Phi) is 5.87. The van der Waals surface area contributed by atoms with Gasteiger partial charge in [0, 0.05) is 30.4 Å². The minimum Gasteiger partial charge on any atom is -0.378 e. The highest BCUT2D eigenvalue weighted by Crippen LogP contribution is 2.32. The molecular formula is C21H24ClN3O4. The minimum absolute atomic E-state index is 0.0817. The van der Waals surface area contributed by atoms with Gasteiger partial charge in [-0.25, -0.2) is 0 Å². The maximum atomic E-state index is 12.9. The molecule has 1 N–H and O–H groups in total. The summed E-state index contributed by atoms with van der Waals surface area (Å²) in [6.07, 6.45) is 4.78. The fraction of sp³-hybridized carbons (Fsp3) is 0.476. The molecule has 29 heavy (non-hydrogen) atoms. The van der Waals surface area contributed by atoms with Gasteiger partial charge in [0.05, 0.1) is 13.2 Å². The fourth-order valence-corrected chi connectivity index (χ4v) is 4.34. The first-order chi connectivity index (χ1) is 14.1. The van der Waals surface area contributed by atoms with Crippen molar-refractivity contribution < 1.29 is 19.1 Å². The van der Waals surface area contributed by atoms with Gasteiger partial charge in [-0.2, -0.15) is 0 Å². The molecule has 2 aliphatic heterocycles. The number of imide groups is 1. The zero-order valence-corrected chi connectivity index (χ0v) is 16.9. The molecule has 2 fully saturated rings. The molecule has 2 heterocycles. The molecule has 1 saturated carbocycles. The number of hydrogen-bond donors (Lipinski definition) is 1. The van der Waals surface area contributed by atoms with Gasteiger partial charge in [-0.05, 0) is 31.0 Å². The van der Waals surface area contributed by atoms with E-state index in [9.17, 15) is 14.4 Å². The summed E-state index contributed by atoms with van der Waals surface area (Å²) in [7, 11) is 0. The van der Waals surface area contributed by atoms with Gasteiger partial charge in [0.1, 0.15) is 10.7 Å². The van der Waals surface area contributed by atoms with Crippen molar-refractivity contribution in [2.45, 2.75) is 38.1 Å². The number of carbonyl (C=O) groups is 3. The predicted molar refractivity (Wildman–Crippen MR) is 108 cm³/mol. The van der Waals surface area contributed by atoms with E-state index in [0.29, 0.717) is 37.6 Å². The second kappa shape index (κ2) is 8.55. The van der Waals surface area contributed by atoms with Crippen molar-refractivity contribution in [1.82, 2.24) is 9.80 Å². The summed E-state index contributed by atoms with van der Waals surface area (Å²) in [5.74, 6) is -0.918. The molecule has 1 aromatic rings. The van der Waals surface area contributed by atoms with Crippen LogP contribution in [0.15, 0.2) is 35.0 Å². The summed E-state index contributed by atoms with van der Waals surface area (Å²) in [6, 6.07) is 6.80. The molecule has 0 spiro atoms. The molecule has 3 amide bonds. The number of hydrogen-bond acceptors (Lipinski definition) is 5. The monoisotopic (exact) mass is 417 g/mol. The summed E-state index contributed by atoms with van der Waals surface area (Å²) in [5, 5.41) is 2.89. The lowest BCUT2D eigenvalue weighted by atomic mass is 9.94. The van der Waals surface area contributed by atoms with Gasteiger partial charge in [-0.3, -0.25) is 19.3 Å². The van der Waals surface area contributed by atoms with Gasteiger partial charge in [0.2, 0.25) is 0 Å². The summed E-state index contributed by atoms with van der Waals surface area (Å²) in [4.78, 5) is 41.2. The first-order valence-electron chi connectivity index (χ1n) is 10.1. The molecule has 1 aromatic carbocycles. The number of nitrogens with zero attached hydrogens (tertiary/aromatic N) is 2. The highest BCUT2D eigenvalue weighted by atomic mass is 35.5. The summed E-state index contributed by atoms with van der Waals surface area (Å²) in [5.41, 5.74) is 1.14. The van der Waals surface area contributed by atoms with E-state index in [1.807, 2.05) is 0 Å². The van der Waals surface area contributed by atoms with E-state index >= 15 is 0 Å². The molecule has 4 rings (SSSR count). The maximum Gasteiger partial charge on any atom is 0.279 e. The van der Waals surface area contributed by atoms with Crippen molar-refractivity contribution in [2.24, 2.45) is 0 Å². The molecule has 1 aliphatic carbocycles. The van der Waals surface area contributed by atoms with E-state index in [4.69, 9.17) is 16.3 Å². The third kappa shape index (κ3) is 4.02. The number of ether oxygens (including phenoxy) is 1. The number of anilines is 1. The summed E-state index contributed by atoms with van der Waals surface area (Å²) in [6.45, 7) is 2.16. The highest BCUT2D eigenvalue weighted by Gasteiger charge is 2.42. The van der Waals surface area contributed by atoms with E-state index < -0.39 is 11.8 Å². The van der Waals surface area contributed by atoms with Gasteiger partial charge >= 0.3 is 0 Å². The van der Waals surface area contributed by atoms with Crippen LogP contribution in [0.2, 0.25) is 0 Å². The van der Waals surface area contributed by atoms with Crippen LogP contribution in [0.3, 0.4) is 0 Å². The molecule has 7 nitrogen and oxygen atoms in total. The van der Waals surface area contributed by atoms with Crippen LogP contribution in [-0.4, -0.2) is 59.9 Å². The fourth-order valence-electron chi connectivity index (χ4n) is 4.12. The largest absolute Gasteiger partial charge is 0.378 e. The van der Waals surface area contributed by atoms with Crippen molar-refractivity contribution in [3.8, 4) is 0 Å². The molecular weight excluding hydrogens is 394 g/mol. The quantitative estimate of drug-likeness (QED) is 0.762. The highest BCUT2D eigenvalue weighted by molar-refractivity contribution is 6.48. The Balaban J connectivity index is 1.50. The molecule has 1 saturated heterocycles. The van der Waals surface area contributed by atoms with Crippen LogP contribution in [0, 0.1) is 0 Å². The van der Waals surface area contributed by atoms with Crippen LogP contribution in [0.25, 0.3) is 0 Å². The lowest BCUT2D eigenvalue weighted by Gasteiger charge is -2.29. The van der Waals surface area contributed by atoms with Crippen LogP contribution in [0.5, 0.6) is 0 Å². The van der Waals surface area contributed by atoms with E-state index in [2.05, 4.69) is 5.32 Å². The zero-order chi connectivity index (χ0) is 20.4. The molecule has 0 bridgehead atoms. The average molecular weight is 418 g/mol. The third-order valence-electron chi connectivity index (χ3n) is 5.68. The van der Waals surface area contributed by atoms with Crippen molar-refractivity contribution in [2.75, 3.05) is 31.6 Å². The number of amides is 3. The second-order valence-electron chi connectivity index (χ2n) is 7.57. The standard InChI is InChI=1S/C21H24ClN3O4/c22-17-18(21(28)25(20(17)27)16-7-2-1-3-8-16)23-15-6-4-5-14(13-15)19(26)24-9-11-29-12-10-24/h4-6,13,16,23H,1-3,7-12H2. The Labute approximate surface area is 174 Å². The molecule has 154 valence electrons. The molecule has 3 aliphatic rings. The number of benzene rings is 1. The van der Waals surface area contributed by atoms with Gasteiger partial charge < -0.3 is 15.0 Å². The number of halogens is 1. The Hall–Kier alpha value is -2.38. The van der Waals surface area contributed by atoms with E-state index in [0.717, 1.165) is 32.1 Å². The van der Waals surface area contributed by atoms with Gasteiger partial charge in [0.15, 0.2) is 0 Å². The first-order valence-corrected chi connectivity index (χ1v) is 10.5. The Morgan fingerprint density at radius 2 is 1.79 bits per heavy atom. The zero-order valence-electron chi connectivity index (χ0n) is 16.2. The van der Waals surface area contributed by atoms with Crippen LogP contribution < -0.4 is 5.32 Å².